The van der Waals surface area contributed by atoms with E-state index in [9.17, 15) is 18.0 Å². The number of carbonyl (C=O) groups excluding carboxylic acids is 1. The van der Waals surface area contributed by atoms with E-state index in [1.165, 1.54) is 40.5 Å². The Hall–Kier alpha value is -2.29. The van der Waals surface area contributed by atoms with Crippen LogP contribution in [-0.2, 0) is 4.74 Å². The van der Waals surface area contributed by atoms with E-state index in [1.54, 1.807) is 5.38 Å². The molecule has 0 N–H and O–H groups in total. The van der Waals surface area contributed by atoms with Gasteiger partial charge in [-0.15, -0.1) is 24.5 Å². The summed E-state index contributed by atoms with van der Waals surface area (Å²) in [5.41, 5.74) is 0.679. The van der Waals surface area contributed by atoms with Crippen LogP contribution in [0.1, 0.15) is 13.8 Å². The van der Waals surface area contributed by atoms with Crippen molar-refractivity contribution >= 4 is 22.6 Å². The third-order valence-corrected chi connectivity index (χ3v) is 4.23. The van der Waals surface area contributed by atoms with Gasteiger partial charge in [-0.25, -0.2) is 14.7 Å². The second-order valence-corrected chi connectivity index (χ2v) is 6.63. The lowest BCUT2D eigenvalue weighted by atomic mass is 10.1. The Labute approximate surface area is 139 Å². The molecular formula is C15H13F3N2O3S. The molecule has 1 aromatic carbocycles. The molecule has 0 bridgehead atoms. The van der Waals surface area contributed by atoms with Crippen molar-refractivity contribution in [2.45, 2.75) is 25.7 Å². The molecule has 1 aromatic heterocycles. The Morgan fingerprint density at radius 2 is 1.96 bits per heavy atom. The fourth-order valence-corrected chi connectivity index (χ4v) is 3.26. The summed E-state index contributed by atoms with van der Waals surface area (Å²) in [7, 11) is 0. The van der Waals surface area contributed by atoms with Gasteiger partial charge in [-0.3, -0.25) is 0 Å². The molecule has 0 saturated carbocycles. The topological polar surface area (TPSA) is 51.7 Å². The van der Waals surface area contributed by atoms with E-state index in [0.29, 0.717) is 16.4 Å². The fraction of sp³-hybridized carbons (Fsp3) is 0.333. The first kappa shape index (κ1) is 16.6. The van der Waals surface area contributed by atoms with E-state index in [1.807, 2.05) is 13.8 Å². The molecule has 1 aliphatic heterocycles. The van der Waals surface area contributed by atoms with Gasteiger partial charge in [0.1, 0.15) is 12.4 Å². The maximum atomic E-state index is 12.2. The summed E-state index contributed by atoms with van der Waals surface area (Å²) >= 11 is 1.26. The summed E-state index contributed by atoms with van der Waals surface area (Å²) in [6.45, 7) is 3.99. The molecule has 5 nitrogen and oxygen atoms in total. The van der Waals surface area contributed by atoms with Crippen molar-refractivity contribution in [3.05, 3.63) is 29.6 Å². The first-order valence-electron chi connectivity index (χ1n) is 6.94. The number of hydrogen-bond acceptors (Lipinski definition) is 5. The van der Waals surface area contributed by atoms with Crippen LogP contribution in [0.15, 0.2) is 29.6 Å². The van der Waals surface area contributed by atoms with Gasteiger partial charge in [0, 0.05) is 10.9 Å². The number of anilines is 1. The summed E-state index contributed by atoms with van der Waals surface area (Å²) in [5, 5.41) is 2.21. The van der Waals surface area contributed by atoms with E-state index >= 15 is 0 Å². The van der Waals surface area contributed by atoms with Gasteiger partial charge in [0.25, 0.3) is 0 Å². The predicted molar refractivity (Wildman–Crippen MR) is 82.1 cm³/mol. The summed E-state index contributed by atoms with van der Waals surface area (Å²) in [5.74, 6) is -0.300. The van der Waals surface area contributed by atoms with Crippen LogP contribution in [0.5, 0.6) is 5.75 Å². The van der Waals surface area contributed by atoms with Crippen molar-refractivity contribution in [3.8, 4) is 17.0 Å². The largest absolute Gasteiger partial charge is 0.573 e. The first-order valence-corrected chi connectivity index (χ1v) is 7.82. The quantitative estimate of drug-likeness (QED) is 0.814. The molecule has 0 aliphatic carbocycles. The number of nitrogens with zero attached hydrogens (tertiary/aromatic N) is 2. The highest BCUT2D eigenvalue weighted by Gasteiger charge is 2.42. The number of alkyl halides is 3. The predicted octanol–water partition coefficient (Wildman–Crippen LogP) is 4.44. The second kappa shape index (κ2) is 5.66. The molecule has 0 unspecified atom stereocenters. The van der Waals surface area contributed by atoms with Crippen molar-refractivity contribution in [2.75, 3.05) is 11.5 Å². The highest BCUT2D eigenvalue weighted by Crippen LogP contribution is 2.35. The first-order chi connectivity index (χ1) is 11.2. The number of benzene rings is 1. The average molecular weight is 358 g/mol. The SMILES string of the molecule is CC1(C)COC(=O)N1c1nc(-c2ccc(OC(F)(F)F)cc2)cs1. The standard InChI is InChI=1S/C15H13F3N2O3S/c1-14(2)8-22-13(21)20(14)12-19-11(7-24-12)9-3-5-10(6-4-9)23-15(16,17)18/h3-7H,8H2,1-2H3. The zero-order chi connectivity index (χ0) is 17.5. The van der Waals surface area contributed by atoms with Crippen LogP contribution in [0.4, 0.5) is 23.1 Å². The number of cyclic esters (lactones) is 1. The van der Waals surface area contributed by atoms with Gasteiger partial charge in [-0.05, 0) is 38.1 Å². The number of carbonyl (C=O) groups is 1. The normalized spacial score (nSPS) is 17.0. The van der Waals surface area contributed by atoms with Crippen LogP contribution in [0.2, 0.25) is 0 Å². The van der Waals surface area contributed by atoms with Crippen LogP contribution < -0.4 is 9.64 Å². The van der Waals surface area contributed by atoms with Gasteiger partial charge in [-0.1, -0.05) is 0 Å². The Kier molecular flexibility index (Phi) is 3.90. The minimum absolute atomic E-state index is 0.268. The van der Waals surface area contributed by atoms with E-state index in [-0.39, 0.29) is 12.4 Å². The number of amides is 1. The lowest BCUT2D eigenvalue weighted by Crippen LogP contribution is -2.42. The summed E-state index contributed by atoms with van der Waals surface area (Å²) in [6.07, 6.45) is -5.19. The Balaban J connectivity index is 1.82. The number of hydrogen-bond donors (Lipinski definition) is 0. The lowest BCUT2D eigenvalue weighted by Gasteiger charge is -2.24. The van der Waals surface area contributed by atoms with Crippen molar-refractivity contribution in [3.63, 3.8) is 0 Å². The maximum absolute atomic E-state index is 12.2. The van der Waals surface area contributed by atoms with Crippen LogP contribution in [0.3, 0.4) is 0 Å². The average Bonchev–Trinajstić information content (AvgIpc) is 3.03. The lowest BCUT2D eigenvalue weighted by molar-refractivity contribution is -0.274. The number of ether oxygens (including phenoxy) is 2. The molecule has 1 amide bonds. The molecule has 2 aromatic rings. The van der Waals surface area contributed by atoms with Crippen LogP contribution in [0.25, 0.3) is 11.3 Å². The van der Waals surface area contributed by atoms with Crippen LogP contribution in [0, 0.1) is 0 Å². The third-order valence-electron chi connectivity index (χ3n) is 3.40. The molecule has 128 valence electrons. The zero-order valence-corrected chi connectivity index (χ0v) is 13.6. The monoisotopic (exact) mass is 358 g/mol. The highest BCUT2D eigenvalue weighted by molar-refractivity contribution is 7.14. The molecule has 9 heteroatoms. The van der Waals surface area contributed by atoms with Crippen molar-refractivity contribution in [1.29, 1.82) is 0 Å². The van der Waals surface area contributed by atoms with Crippen molar-refractivity contribution < 1.29 is 27.4 Å². The molecular weight excluding hydrogens is 345 g/mol. The van der Waals surface area contributed by atoms with Gasteiger partial charge >= 0.3 is 12.5 Å². The summed E-state index contributed by atoms with van der Waals surface area (Å²) in [6, 6.07) is 5.40. The molecule has 1 saturated heterocycles. The van der Waals surface area contributed by atoms with E-state index in [0.717, 1.165) is 0 Å². The van der Waals surface area contributed by atoms with Gasteiger partial charge < -0.3 is 9.47 Å². The number of rotatable bonds is 3. The molecule has 2 heterocycles. The van der Waals surface area contributed by atoms with Gasteiger partial charge in [-0.2, -0.15) is 0 Å². The number of aromatic nitrogens is 1. The van der Waals surface area contributed by atoms with E-state index in [2.05, 4.69) is 9.72 Å². The maximum Gasteiger partial charge on any atom is 0.573 e. The zero-order valence-electron chi connectivity index (χ0n) is 12.8. The molecule has 24 heavy (non-hydrogen) atoms. The second-order valence-electron chi connectivity index (χ2n) is 5.79. The number of halogens is 3. The Morgan fingerprint density at radius 3 is 2.50 bits per heavy atom. The Bertz CT molecular complexity index is 756. The molecule has 0 spiro atoms. The minimum atomic E-state index is -4.73. The van der Waals surface area contributed by atoms with Crippen molar-refractivity contribution in [1.82, 2.24) is 4.98 Å². The number of thiazole rings is 1. The van der Waals surface area contributed by atoms with Gasteiger partial charge in [0.15, 0.2) is 5.13 Å². The molecule has 1 fully saturated rings. The van der Waals surface area contributed by atoms with E-state index < -0.39 is 18.0 Å². The van der Waals surface area contributed by atoms with Gasteiger partial charge in [0.05, 0.1) is 11.2 Å². The smallest absolute Gasteiger partial charge is 0.447 e. The molecule has 3 rings (SSSR count). The summed E-state index contributed by atoms with van der Waals surface area (Å²) < 4.78 is 45.4. The summed E-state index contributed by atoms with van der Waals surface area (Å²) in [4.78, 5) is 17.7. The molecule has 0 radical (unpaired) electrons. The van der Waals surface area contributed by atoms with Crippen LogP contribution in [-0.4, -0.2) is 29.6 Å². The van der Waals surface area contributed by atoms with Gasteiger partial charge in [0.2, 0.25) is 0 Å². The van der Waals surface area contributed by atoms with Crippen LogP contribution >= 0.6 is 11.3 Å². The molecule has 1 aliphatic rings. The fourth-order valence-electron chi connectivity index (χ4n) is 2.28. The van der Waals surface area contributed by atoms with Crippen molar-refractivity contribution in [2.24, 2.45) is 0 Å². The minimum Gasteiger partial charge on any atom is -0.447 e. The Morgan fingerprint density at radius 1 is 1.29 bits per heavy atom. The highest BCUT2D eigenvalue weighted by atomic mass is 32.1. The molecule has 0 atom stereocenters. The van der Waals surface area contributed by atoms with E-state index in [4.69, 9.17) is 4.74 Å². The third kappa shape index (κ3) is 3.30.